The van der Waals surface area contributed by atoms with Crippen molar-refractivity contribution in [1.29, 1.82) is 0 Å². The van der Waals surface area contributed by atoms with Crippen molar-refractivity contribution in [3.8, 4) is 0 Å². The summed E-state index contributed by atoms with van der Waals surface area (Å²) in [6.45, 7) is 13.7. The van der Waals surface area contributed by atoms with E-state index < -0.39 is 0 Å². The number of hydrogen-bond acceptors (Lipinski definition) is 0. The van der Waals surface area contributed by atoms with E-state index in [4.69, 9.17) is 0 Å². The summed E-state index contributed by atoms with van der Waals surface area (Å²) in [6.07, 6.45) is 2.71. The lowest BCUT2D eigenvalue weighted by Crippen LogP contribution is -2.04. The van der Waals surface area contributed by atoms with E-state index in [-0.39, 0.29) is 14.1 Å². The SMILES string of the molecule is CCCC(C)C.C[CH2][Al]([CH2]C)[CH2]C. The molecular formula is C12H29Al. The standard InChI is InChI=1S/C6H14.3C2H5.Al/c1-4-5-6(2)3;3*1-2;/h6H,4-5H2,1-3H3;3*1H2,2H3;. The molecule has 0 aromatic carbocycles. The predicted molar refractivity (Wildman–Crippen MR) is 66.9 cm³/mol. The lowest BCUT2D eigenvalue weighted by Gasteiger charge is -1.97. The van der Waals surface area contributed by atoms with Gasteiger partial charge in [-0.3, -0.25) is 0 Å². The van der Waals surface area contributed by atoms with E-state index in [9.17, 15) is 0 Å². The Morgan fingerprint density at radius 2 is 1.23 bits per heavy atom. The van der Waals surface area contributed by atoms with Crippen LogP contribution >= 0.6 is 0 Å². The van der Waals surface area contributed by atoms with Crippen LogP contribution in [0.15, 0.2) is 0 Å². The van der Waals surface area contributed by atoms with Gasteiger partial charge in [0.25, 0.3) is 14.1 Å². The molecule has 0 saturated heterocycles. The van der Waals surface area contributed by atoms with Gasteiger partial charge in [0.05, 0.1) is 0 Å². The van der Waals surface area contributed by atoms with Crippen LogP contribution in [-0.4, -0.2) is 14.1 Å². The van der Waals surface area contributed by atoms with Gasteiger partial charge in [0, 0.05) is 0 Å². The minimum absolute atomic E-state index is 0.171. The minimum atomic E-state index is -0.171. The van der Waals surface area contributed by atoms with Crippen LogP contribution in [0, 0.1) is 5.92 Å². The highest BCUT2D eigenvalue weighted by Crippen LogP contribution is 2.01. The second kappa shape index (κ2) is 12.5. The third-order valence-corrected chi connectivity index (χ3v) is 6.06. The maximum Gasteiger partial charge on any atom is 0.261 e. The molecule has 1 heteroatoms. The molecule has 0 spiro atoms. The Morgan fingerprint density at radius 3 is 1.23 bits per heavy atom. The molecule has 0 aliphatic rings. The third kappa shape index (κ3) is 15.3. The highest BCUT2D eigenvalue weighted by Gasteiger charge is 2.05. The molecule has 0 fully saturated rings. The average molecular weight is 200 g/mol. The molecule has 0 aromatic rings. The van der Waals surface area contributed by atoms with Crippen LogP contribution in [0.25, 0.3) is 0 Å². The van der Waals surface area contributed by atoms with Crippen LogP contribution in [0.1, 0.15) is 54.4 Å². The Labute approximate surface area is 90.5 Å². The molecule has 0 amide bonds. The van der Waals surface area contributed by atoms with Crippen LogP contribution < -0.4 is 0 Å². The molecule has 13 heavy (non-hydrogen) atoms. The van der Waals surface area contributed by atoms with Crippen molar-refractivity contribution in [2.75, 3.05) is 0 Å². The minimum Gasteiger partial charge on any atom is -0.0967 e. The fourth-order valence-electron chi connectivity index (χ4n) is 1.44. The fourth-order valence-corrected chi connectivity index (χ4v) is 3.18. The topological polar surface area (TPSA) is 0 Å². The summed E-state index contributed by atoms with van der Waals surface area (Å²) in [5.74, 6) is 0.898. The average Bonchev–Trinajstić information content (AvgIpc) is 2.08. The normalized spacial score (nSPS) is 9.46. The van der Waals surface area contributed by atoms with E-state index in [2.05, 4.69) is 41.5 Å². The van der Waals surface area contributed by atoms with Crippen LogP contribution in [0.4, 0.5) is 0 Å². The summed E-state index contributed by atoms with van der Waals surface area (Å²) < 4.78 is 0. The first-order valence-corrected chi connectivity index (χ1v) is 8.57. The summed E-state index contributed by atoms with van der Waals surface area (Å²) >= 11 is -0.171. The maximum atomic E-state index is 2.32. The summed E-state index contributed by atoms with van der Waals surface area (Å²) in [7, 11) is 0. The van der Waals surface area contributed by atoms with Gasteiger partial charge in [0.1, 0.15) is 0 Å². The highest BCUT2D eigenvalue weighted by molar-refractivity contribution is 6.58. The van der Waals surface area contributed by atoms with Crippen LogP contribution in [-0.2, 0) is 0 Å². The lowest BCUT2D eigenvalue weighted by atomic mass is 10.1. The Hall–Kier alpha value is 0.532. The van der Waals surface area contributed by atoms with Crippen molar-refractivity contribution < 1.29 is 0 Å². The van der Waals surface area contributed by atoms with E-state index in [1.165, 1.54) is 28.7 Å². The Bertz CT molecular complexity index is 69.7. The van der Waals surface area contributed by atoms with Gasteiger partial charge >= 0.3 is 0 Å². The van der Waals surface area contributed by atoms with Crippen LogP contribution in [0.2, 0.25) is 15.8 Å². The quantitative estimate of drug-likeness (QED) is 0.549. The van der Waals surface area contributed by atoms with E-state index in [0.717, 1.165) is 5.92 Å². The van der Waals surface area contributed by atoms with Crippen molar-refractivity contribution in [3.05, 3.63) is 0 Å². The zero-order valence-corrected chi connectivity index (χ0v) is 11.8. The number of hydrogen-bond donors (Lipinski definition) is 0. The molecule has 0 rings (SSSR count). The molecule has 0 saturated carbocycles. The largest absolute Gasteiger partial charge is 0.261 e. The summed E-state index contributed by atoms with van der Waals surface area (Å²) in [5.41, 5.74) is 0. The maximum absolute atomic E-state index is 2.32. The number of rotatable bonds is 5. The zero-order chi connectivity index (χ0) is 10.7. The zero-order valence-electron chi connectivity index (χ0n) is 10.7. The second-order valence-electron chi connectivity index (χ2n) is 4.27. The first-order chi connectivity index (χ1) is 6.12. The van der Waals surface area contributed by atoms with Crippen molar-refractivity contribution in [1.82, 2.24) is 0 Å². The van der Waals surface area contributed by atoms with E-state index in [1.54, 1.807) is 0 Å². The fraction of sp³-hybridized carbons (Fsp3) is 1.00. The lowest BCUT2D eigenvalue weighted by molar-refractivity contribution is 0.576. The molecule has 0 aromatic heterocycles. The van der Waals surface area contributed by atoms with Gasteiger partial charge in [0.2, 0.25) is 0 Å². The highest BCUT2D eigenvalue weighted by atomic mass is 27.2. The molecular weight excluding hydrogens is 171 g/mol. The monoisotopic (exact) mass is 200 g/mol. The predicted octanol–water partition coefficient (Wildman–Crippen LogP) is 4.98. The van der Waals surface area contributed by atoms with Crippen molar-refractivity contribution in [3.63, 3.8) is 0 Å². The molecule has 0 aliphatic heterocycles. The van der Waals surface area contributed by atoms with E-state index in [1.807, 2.05) is 0 Å². The first-order valence-electron chi connectivity index (χ1n) is 6.12. The molecule has 0 N–H and O–H groups in total. The molecule has 0 nitrogen and oxygen atoms in total. The Morgan fingerprint density at radius 1 is 0.846 bits per heavy atom. The second-order valence-corrected chi connectivity index (χ2v) is 8.45. The molecule has 0 radical (unpaired) electrons. The Balaban J connectivity index is 0. The summed E-state index contributed by atoms with van der Waals surface area (Å²) in [5, 5.41) is 4.48. The molecule has 0 unspecified atom stereocenters. The van der Waals surface area contributed by atoms with Crippen molar-refractivity contribution in [2.45, 2.75) is 70.2 Å². The van der Waals surface area contributed by atoms with E-state index in [0.29, 0.717) is 0 Å². The van der Waals surface area contributed by atoms with Gasteiger partial charge in [0.15, 0.2) is 0 Å². The smallest absolute Gasteiger partial charge is 0.0967 e. The van der Waals surface area contributed by atoms with Gasteiger partial charge in [-0.2, -0.15) is 0 Å². The van der Waals surface area contributed by atoms with Crippen molar-refractivity contribution >= 4 is 14.1 Å². The molecule has 0 atom stereocenters. The summed E-state index contributed by atoms with van der Waals surface area (Å²) in [6, 6.07) is 0. The Kier molecular flexibility index (Phi) is 15.4. The van der Waals surface area contributed by atoms with Gasteiger partial charge in [-0.25, -0.2) is 0 Å². The van der Waals surface area contributed by atoms with E-state index >= 15 is 0 Å². The van der Waals surface area contributed by atoms with Gasteiger partial charge in [-0.05, 0) is 5.92 Å². The first kappa shape index (κ1) is 16.0. The van der Waals surface area contributed by atoms with Gasteiger partial charge in [-0.1, -0.05) is 70.2 Å². The van der Waals surface area contributed by atoms with Crippen LogP contribution in [0.3, 0.4) is 0 Å². The van der Waals surface area contributed by atoms with Gasteiger partial charge < -0.3 is 0 Å². The molecule has 0 bridgehead atoms. The summed E-state index contributed by atoms with van der Waals surface area (Å²) in [4.78, 5) is 0. The van der Waals surface area contributed by atoms with Gasteiger partial charge in [-0.15, -0.1) is 0 Å². The third-order valence-electron chi connectivity index (χ3n) is 2.60. The molecule has 80 valence electrons. The van der Waals surface area contributed by atoms with Crippen molar-refractivity contribution in [2.24, 2.45) is 5.92 Å². The van der Waals surface area contributed by atoms with Crippen LogP contribution in [0.5, 0.6) is 0 Å². The molecule has 0 heterocycles. The molecule has 0 aliphatic carbocycles.